The molecule has 2 aromatic rings. The molecule has 5 heteroatoms. The lowest BCUT2D eigenvalue weighted by molar-refractivity contribution is 0.410. The van der Waals surface area contributed by atoms with Crippen molar-refractivity contribution in [3.63, 3.8) is 0 Å². The molecule has 0 aromatic heterocycles. The highest BCUT2D eigenvalue weighted by molar-refractivity contribution is 7.90. The fourth-order valence-corrected chi connectivity index (χ4v) is 4.26. The van der Waals surface area contributed by atoms with E-state index in [1.165, 1.54) is 11.1 Å². The van der Waals surface area contributed by atoms with Gasteiger partial charge in [-0.3, -0.25) is 0 Å². The second kappa shape index (κ2) is 6.34. The van der Waals surface area contributed by atoms with Crippen molar-refractivity contribution in [3.05, 3.63) is 58.7 Å². The molecule has 0 unspecified atom stereocenters. The average Bonchev–Trinajstić information content (AvgIpc) is 2.54. The minimum absolute atomic E-state index is 0.0138. The van der Waals surface area contributed by atoms with Gasteiger partial charge in [0.15, 0.2) is 9.84 Å². The first-order valence-corrected chi connectivity index (χ1v) is 9.33. The van der Waals surface area contributed by atoms with Gasteiger partial charge in [-0.1, -0.05) is 24.3 Å². The Kier molecular flexibility index (Phi) is 4.41. The number of ether oxygens (including phenoxy) is 1. The molecule has 0 spiro atoms. The average molecular weight is 331 g/mol. The van der Waals surface area contributed by atoms with Crippen LogP contribution in [0.2, 0.25) is 0 Å². The lowest BCUT2D eigenvalue weighted by Crippen LogP contribution is -2.23. The maximum Gasteiger partial charge on any atom is 0.182 e. The van der Waals surface area contributed by atoms with Gasteiger partial charge in [-0.2, -0.15) is 0 Å². The number of benzene rings is 2. The lowest BCUT2D eigenvalue weighted by Gasteiger charge is -2.18. The van der Waals surface area contributed by atoms with Crippen molar-refractivity contribution in [3.8, 4) is 5.75 Å². The van der Waals surface area contributed by atoms with Crippen LogP contribution in [0.1, 0.15) is 22.3 Å². The molecule has 3 rings (SSSR count). The summed E-state index contributed by atoms with van der Waals surface area (Å²) in [5, 5.41) is 3.32. The predicted molar refractivity (Wildman–Crippen MR) is 90.5 cm³/mol. The molecule has 122 valence electrons. The summed E-state index contributed by atoms with van der Waals surface area (Å²) in [6.45, 7) is 3.70. The predicted octanol–water partition coefficient (Wildman–Crippen LogP) is 2.62. The monoisotopic (exact) mass is 331 g/mol. The summed E-state index contributed by atoms with van der Waals surface area (Å²) in [7, 11) is -1.83. The minimum Gasteiger partial charge on any atom is -0.496 e. The first-order valence-electron chi connectivity index (χ1n) is 7.68. The molecule has 0 fully saturated rings. The Labute approximate surface area is 137 Å². The van der Waals surface area contributed by atoms with Crippen LogP contribution in [0, 0.1) is 6.92 Å². The van der Waals surface area contributed by atoms with Crippen LogP contribution in [0.15, 0.2) is 41.3 Å². The van der Waals surface area contributed by atoms with Crippen LogP contribution in [0.4, 0.5) is 0 Å². The molecule has 1 aliphatic rings. The second-order valence-electron chi connectivity index (χ2n) is 5.92. The van der Waals surface area contributed by atoms with E-state index in [0.29, 0.717) is 10.6 Å². The first-order chi connectivity index (χ1) is 11.0. The van der Waals surface area contributed by atoms with E-state index >= 15 is 0 Å². The molecule has 1 heterocycles. The van der Waals surface area contributed by atoms with E-state index in [2.05, 4.69) is 5.32 Å². The van der Waals surface area contributed by atoms with E-state index in [9.17, 15) is 8.42 Å². The molecule has 0 radical (unpaired) electrons. The van der Waals surface area contributed by atoms with Gasteiger partial charge >= 0.3 is 0 Å². The molecular weight excluding hydrogens is 310 g/mol. The molecule has 0 aliphatic carbocycles. The van der Waals surface area contributed by atoms with Crippen molar-refractivity contribution in [2.45, 2.75) is 30.5 Å². The standard InChI is InChI=1S/C18H21NO3S/c1-13-3-6-17(10-18(13)22-2)23(20,21)12-14-4-5-16-11-19-8-7-15(16)9-14/h3-6,9-10,19H,7-8,11-12H2,1-2H3. The van der Waals surface area contributed by atoms with Crippen molar-refractivity contribution in [1.82, 2.24) is 5.32 Å². The molecule has 0 amide bonds. The quantitative estimate of drug-likeness (QED) is 0.936. The highest BCUT2D eigenvalue weighted by Gasteiger charge is 2.18. The number of sulfone groups is 1. The number of nitrogens with one attached hydrogen (secondary N) is 1. The van der Waals surface area contributed by atoms with Gasteiger partial charge in [-0.05, 0) is 54.3 Å². The number of methoxy groups -OCH3 is 1. The minimum atomic E-state index is -3.38. The first kappa shape index (κ1) is 16.0. The van der Waals surface area contributed by atoms with E-state index in [1.54, 1.807) is 25.3 Å². The zero-order valence-corrected chi connectivity index (χ0v) is 14.2. The highest BCUT2D eigenvalue weighted by Crippen LogP contribution is 2.25. The zero-order chi connectivity index (χ0) is 16.4. The van der Waals surface area contributed by atoms with Gasteiger partial charge in [-0.15, -0.1) is 0 Å². The van der Waals surface area contributed by atoms with Crippen LogP contribution in [-0.2, 0) is 28.6 Å². The van der Waals surface area contributed by atoms with Crippen LogP contribution >= 0.6 is 0 Å². The maximum atomic E-state index is 12.7. The molecule has 23 heavy (non-hydrogen) atoms. The van der Waals surface area contributed by atoms with Crippen LogP contribution in [-0.4, -0.2) is 22.1 Å². The van der Waals surface area contributed by atoms with Gasteiger partial charge < -0.3 is 10.1 Å². The summed E-state index contributed by atoms with van der Waals surface area (Å²) in [4.78, 5) is 0.305. The summed E-state index contributed by atoms with van der Waals surface area (Å²) >= 11 is 0. The third-order valence-corrected chi connectivity index (χ3v) is 5.94. The number of hydrogen-bond donors (Lipinski definition) is 1. The van der Waals surface area contributed by atoms with Crippen molar-refractivity contribution in [1.29, 1.82) is 0 Å². The Balaban J connectivity index is 1.89. The summed E-state index contributed by atoms with van der Waals surface area (Å²) in [6.07, 6.45) is 0.946. The largest absolute Gasteiger partial charge is 0.496 e. The third kappa shape index (κ3) is 3.41. The maximum absolute atomic E-state index is 12.7. The van der Waals surface area contributed by atoms with Gasteiger partial charge in [0.05, 0.1) is 17.8 Å². The van der Waals surface area contributed by atoms with Crippen LogP contribution in [0.25, 0.3) is 0 Å². The second-order valence-corrected chi connectivity index (χ2v) is 7.91. The molecule has 0 saturated heterocycles. The number of rotatable bonds is 4. The Bertz CT molecular complexity index is 828. The summed E-state index contributed by atoms with van der Waals surface area (Å²) in [5.74, 6) is 0.613. The topological polar surface area (TPSA) is 55.4 Å². The van der Waals surface area contributed by atoms with Crippen molar-refractivity contribution >= 4 is 9.84 Å². The van der Waals surface area contributed by atoms with Crippen molar-refractivity contribution in [2.75, 3.05) is 13.7 Å². The number of fused-ring (bicyclic) bond motifs is 1. The van der Waals surface area contributed by atoms with Crippen LogP contribution < -0.4 is 10.1 Å². The number of hydrogen-bond acceptors (Lipinski definition) is 4. The van der Waals surface area contributed by atoms with Gasteiger partial charge in [0.25, 0.3) is 0 Å². The molecule has 0 bridgehead atoms. The molecular formula is C18H21NO3S. The van der Waals surface area contributed by atoms with Gasteiger partial charge in [0.1, 0.15) is 5.75 Å². The number of aryl methyl sites for hydroxylation is 1. The van der Waals surface area contributed by atoms with E-state index < -0.39 is 9.84 Å². The Morgan fingerprint density at radius 3 is 2.74 bits per heavy atom. The molecule has 0 saturated carbocycles. The normalized spacial score (nSPS) is 14.3. The molecule has 4 nitrogen and oxygen atoms in total. The molecule has 0 atom stereocenters. The van der Waals surface area contributed by atoms with E-state index in [1.807, 2.05) is 25.1 Å². The fourth-order valence-electron chi connectivity index (χ4n) is 2.92. The summed E-state index contributed by atoms with van der Waals surface area (Å²) in [6, 6.07) is 11.0. The fraction of sp³-hybridized carbons (Fsp3) is 0.333. The Morgan fingerprint density at radius 2 is 1.96 bits per heavy atom. The SMILES string of the molecule is COc1cc(S(=O)(=O)Cc2ccc3c(c2)CCNC3)ccc1C. The van der Waals surface area contributed by atoms with Gasteiger partial charge in [0.2, 0.25) is 0 Å². The smallest absolute Gasteiger partial charge is 0.182 e. The van der Waals surface area contributed by atoms with Crippen molar-refractivity contribution < 1.29 is 13.2 Å². The third-order valence-electron chi connectivity index (χ3n) is 4.25. The Morgan fingerprint density at radius 1 is 1.13 bits per heavy atom. The lowest BCUT2D eigenvalue weighted by atomic mass is 9.99. The highest BCUT2D eigenvalue weighted by atomic mass is 32.2. The molecule has 1 aliphatic heterocycles. The molecule has 2 aromatic carbocycles. The van der Waals surface area contributed by atoms with Crippen molar-refractivity contribution in [2.24, 2.45) is 0 Å². The van der Waals surface area contributed by atoms with Crippen LogP contribution in [0.5, 0.6) is 5.75 Å². The molecule has 1 N–H and O–H groups in total. The van der Waals surface area contributed by atoms with Gasteiger partial charge in [-0.25, -0.2) is 8.42 Å². The Hall–Kier alpha value is -1.85. The summed E-state index contributed by atoms with van der Waals surface area (Å²) in [5.41, 5.74) is 4.27. The van der Waals surface area contributed by atoms with Crippen LogP contribution in [0.3, 0.4) is 0 Å². The van der Waals surface area contributed by atoms with E-state index in [-0.39, 0.29) is 5.75 Å². The summed E-state index contributed by atoms with van der Waals surface area (Å²) < 4.78 is 30.6. The van der Waals surface area contributed by atoms with E-state index in [0.717, 1.165) is 30.6 Å². The van der Waals surface area contributed by atoms with Gasteiger partial charge in [0, 0.05) is 6.54 Å². The zero-order valence-electron chi connectivity index (χ0n) is 13.4. The van der Waals surface area contributed by atoms with E-state index in [4.69, 9.17) is 4.74 Å².